The molecule has 3 heterocycles. The Balaban J connectivity index is 1.45. The van der Waals surface area contributed by atoms with Crippen LogP contribution in [0.15, 0.2) is 36.8 Å². The SMILES string of the molecule is CC1(C)Cc2cc(NC(=O)C(=CN)c3ncccn3)c(N3C[C@@H]4C(C(N)=O)[C@@H]4C3)cc2O1. The van der Waals surface area contributed by atoms with Gasteiger partial charge >= 0.3 is 0 Å². The molecule has 9 nitrogen and oxygen atoms in total. The molecule has 1 aliphatic carbocycles. The van der Waals surface area contributed by atoms with Crippen molar-refractivity contribution in [2.75, 3.05) is 23.3 Å². The summed E-state index contributed by atoms with van der Waals surface area (Å²) >= 11 is 0. The first-order valence-corrected chi connectivity index (χ1v) is 10.7. The Morgan fingerprint density at radius 3 is 2.53 bits per heavy atom. The van der Waals surface area contributed by atoms with Crippen LogP contribution in [0.3, 0.4) is 0 Å². The van der Waals surface area contributed by atoms with Crippen LogP contribution in [0.25, 0.3) is 5.57 Å². The second-order valence-corrected chi connectivity index (χ2v) is 9.28. The van der Waals surface area contributed by atoms with E-state index in [1.54, 1.807) is 18.5 Å². The summed E-state index contributed by atoms with van der Waals surface area (Å²) < 4.78 is 6.12. The Kier molecular flexibility index (Phi) is 4.58. The normalized spacial score (nSPS) is 25.0. The molecule has 0 bridgehead atoms. The van der Waals surface area contributed by atoms with E-state index in [4.69, 9.17) is 16.2 Å². The molecule has 9 heteroatoms. The lowest BCUT2D eigenvalue weighted by atomic mass is 10.0. The average molecular weight is 435 g/mol. The van der Waals surface area contributed by atoms with Crippen LogP contribution < -0.4 is 26.4 Å². The van der Waals surface area contributed by atoms with Crippen LogP contribution in [0.4, 0.5) is 11.4 Å². The van der Waals surface area contributed by atoms with E-state index < -0.39 is 5.91 Å². The topological polar surface area (TPSA) is 136 Å². The van der Waals surface area contributed by atoms with Crippen molar-refractivity contribution < 1.29 is 14.3 Å². The fourth-order valence-corrected chi connectivity index (χ4v) is 5.03. The predicted molar refractivity (Wildman–Crippen MR) is 120 cm³/mol. The van der Waals surface area contributed by atoms with Crippen LogP contribution in [0.2, 0.25) is 0 Å². The molecule has 5 rings (SSSR count). The van der Waals surface area contributed by atoms with Crippen LogP contribution >= 0.6 is 0 Å². The second kappa shape index (κ2) is 7.22. The van der Waals surface area contributed by atoms with E-state index in [9.17, 15) is 9.59 Å². The standard InChI is InChI=1S/C23H26N6O3/c1-23(2)8-12-6-16(28-22(31)13(9-24)21-26-4-3-5-27-21)17(7-18(12)32-23)29-10-14-15(11-29)19(14)20(25)30/h3-7,9,14-15,19H,8,10-11,24H2,1-2H3,(H2,25,30)(H,28,31)/t14-,15+,19?. The summed E-state index contributed by atoms with van der Waals surface area (Å²) in [4.78, 5) is 35.2. The van der Waals surface area contributed by atoms with Gasteiger partial charge in [-0.25, -0.2) is 9.97 Å². The van der Waals surface area contributed by atoms with E-state index in [0.29, 0.717) is 18.8 Å². The summed E-state index contributed by atoms with van der Waals surface area (Å²) in [6, 6.07) is 5.62. The number of nitrogens with zero attached hydrogens (tertiary/aromatic N) is 3. The summed E-state index contributed by atoms with van der Waals surface area (Å²) in [6.45, 7) is 5.50. The third-order valence-corrected chi connectivity index (χ3v) is 6.51. The lowest BCUT2D eigenvalue weighted by Crippen LogP contribution is -2.29. The van der Waals surface area contributed by atoms with Gasteiger partial charge in [-0.3, -0.25) is 9.59 Å². The molecule has 1 saturated heterocycles. The van der Waals surface area contributed by atoms with Gasteiger partial charge in [-0.15, -0.1) is 0 Å². The molecule has 166 valence electrons. The molecule has 0 spiro atoms. The Morgan fingerprint density at radius 2 is 1.91 bits per heavy atom. The highest BCUT2D eigenvalue weighted by molar-refractivity contribution is 6.24. The van der Waals surface area contributed by atoms with Gasteiger partial charge in [-0.2, -0.15) is 0 Å². The minimum Gasteiger partial charge on any atom is -0.487 e. The molecule has 2 aliphatic heterocycles. The molecular formula is C23H26N6O3. The van der Waals surface area contributed by atoms with Crippen molar-refractivity contribution in [2.24, 2.45) is 29.2 Å². The molecule has 5 N–H and O–H groups in total. The Hall–Kier alpha value is -3.62. The number of aromatic nitrogens is 2. The molecule has 1 unspecified atom stereocenters. The van der Waals surface area contributed by atoms with Gasteiger partial charge in [-0.05, 0) is 37.8 Å². The third-order valence-electron chi connectivity index (χ3n) is 6.51. The van der Waals surface area contributed by atoms with Gasteiger partial charge < -0.3 is 26.4 Å². The van der Waals surface area contributed by atoms with Crippen molar-refractivity contribution in [3.8, 4) is 5.75 Å². The number of carbonyl (C=O) groups is 2. The number of fused-ring (bicyclic) bond motifs is 2. The Bertz CT molecular complexity index is 1120. The number of hydrogen-bond acceptors (Lipinski definition) is 7. The molecule has 0 radical (unpaired) electrons. The molecule has 32 heavy (non-hydrogen) atoms. The Morgan fingerprint density at radius 1 is 1.22 bits per heavy atom. The highest BCUT2D eigenvalue weighted by atomic mass is 16.5. The number of ether oxygens (including phenoxy) is 1. The van der Waals surface area contributed by atoms with E-state index in [2.05, 4.69) is 20.2 Å². The monoisotopic (exact) mass is 434 g/mol. The highest BCUT2D eigenvalue weighted by Crippen LogP contribution is 2.54. The number of primary amides is 1. The van der Waals surface area contributed by atoms with Crippen LogP contribution in [-0.2, 0) is 16.0 Å². The molecular weight excluding hydrogens is 408 g/mol. The third kappa shape index (κ3) is 3.43. The zero-order chi connectivity index (χ0) is 22.6. The first kappa shape index (κ1) is 20.3. The second-order valence-electron chi connectivity index (χ2n) is 9.28. The van der Waals surface area contributed by atoms with Crippen LogP contribution in [0.5, 0.6) is 5.75 Å². The van der Waals surface area contributed by atoms with E-state index in [0.717, 1.165) is 23.4 Å². The van der Waals surface area contributed by atoms with Crippen LogP contribution in [0.1, 0.15) is 25.2 Å². The summed E-state index contributed by atoms with van der Waals surface area (Å²) in [7, 11) is 0. The first-order chi connectivity index (χ1) is 15.3. The smallest absolute Gasteiger partial charge is 0.261 e. The van der Waals surface area contributed by atoms with Gasteiger partial charge in [0.2, 0.25) is 5.91 Å². The van der Waals surface area contributed by atoms with Crippen molar-refractivity contribution in [3.05, 3.63) is 48.2 Å². The van der Waals surface area contributed by atoms with Gasteiger partial charge in [0, 0.05) is 55.7 Å². The van der Waals surface area contributed by atoms with Gasteiger partial charge in [0.15, 0.2) is 5.82 Å². The van der Waals surface area contributed by atoms with E-state index >= 15 is 0 Å². The van der Waals surface area contributed by atoms with E-state index in [-0.39, 0.29) is 40.7 Å². The molecule has 3 aliphatic rings. The number of piperidine rings is 1. The lowest BCUT2D eigenvalue weighted by molar-refractivity contribution is -0.119. The summed E-state index contributed by atoms with van der Waals surface area (Å²) in [6.07, 6.45) is 5.07. The highest BCUT2D eigenvalue weighted by Gasteiger charge is 2.59. The minimum absolute atomic E-state index is 0.0455. The molecule has 3 atom stereocenters. The van der Waals surface area contributed by atoms with Crippen LogP contribution in [-0.4, -0.2) is 40.5 Å². The number of hydrogen-bond donors (Lipinski definition) is 3. The first-order valence-electron chi connectivity index (χ1n) is 10.7. The zero-order valence-corrected chi connectivity index (χ0v) is 18.0. The number of rotatable bonds is 5. The Labute approximate surface area is 185 Å². The minimum atomic E-state index is -0.391. The predicted octanol–water partition coefficient (Wildman–Crippen LogP) is 1.30. The van der Waals surface area contributed by atoms with Gasteiger partial charge in [0.25, 0.3) is 5.91 Å². The number of carbonyl (C=O) groups excluding carboxylic acids is 2. The van der Waals surface area contributed by atoms with Gasteiger partial charge in [0.05, 0.1) is 16.9 Å². The maximum Gasteiger partial charge on any atom is 0.261 e. The van der Waals surface area contributed by atoms with E-state index in [1.807, 2.05) is 26.0 Å². The largest absolute Gasteiger partial charge is 0.487 e. The fourth-order valence-electron chi connectivity index (χ4n) is 5.03. The number of nitrogens with two attached hydrogens (primary N) is 2. The average Bonchev–Trinajstić information content (AvgIpc) is 3.08. The summed E-state index contributed by atoms with van der Waals surface area (Å²) in [5.41, 5.74) is 13.7. The maximum absolute atomic E-state index is 13.1. The van der Waals surface area contributed by atoms with Gasteiger partial charge in [-0.1, -0.05) is 0 Å². The van der Waals surface area contributed by atoms with Gasteiger partial charge in [0.1, 0.15) is 11.4 Å². The number of nitrogens with one attached hydrogen (secondary N) is 1. The summed E-state index contributed by atoms with van der Waals surface area (Å²) in [5.74, 6) is 0.932. The number of benzene rings is 1. The zero-order valence-electron chi connectivity index (χ0n) is 18.0. The van der Waals surface area contributed by atoms with Crippen molar-refractivity contribution in [3.63, 3.8) is 0 Å². The molecule has 1 aromatic carbocycles. The molecule has 1 aromatic heterocycles. The molecule has 2 aromatic rings. The summed E-state index contributed by atoms with van der Waals surface area (Å²) in [5, 5.41) is 3.00. The number of anilines is 2. The van der Waals surface area contributed by atoms with E-state index in [1.165, 1.54) is 6.20 Å². The molecule has 2 amide bonds. The fraction of sp³-hybridized carbons (Fsp3) is 0.391. The quantitative estimate of drug-likeness (QED) is 0.603. The molecule has 2 fully saturated rings. The van der Waals surface area contributed by atoms with Crippen molar-refractivity contribution in [1.82, 2.24) is 9.97 Å². The van der Waals surface area contributed by atoms with Crippen molar-refractivity contribution >= 4 is 28.8 Å². The van der Waals surface area contributed by atoms with Crippen molar-refractivity contribution in [2.45, 2.75) is 25.9 Å². The number of amides is 2. The molecule has 1 saturated carbocycles. The van der Waals surface area contributed by atoms with Crippen LogP contribution in [0, 0.1) is 17.8 Å². The maximum atomic E-state index is 13.1. The lowest BCUT2D eigenvalue weighted by Gasteiger charge is -2.25. The van der Waals surface area contributed by atoms with Crippen molar-refractivity contribution in [1.29, 1.82) is 0 Å².